The minimum atomic E-state index is -0.910. The van der Waals surface area contributed by atoms with E-state index in [2.05, 4.69) is 10.9 Å². The molecule has 0 aliphatic heterocycles. The number of aliphatic hydroxyl groups is 1. The molecular weight excluding hydrogens is 354 g/mol. The van der Waals surface area contributed by atoms with Gasteiger partial charge in [0.15, 0.2) is 0 Å². The molecule has 0 bridgehead atoms. The monoisotopic (exact) mass is 377 g/mol. The number of amides is 1. The van der Waals surface area contributed by atoms with E-state index in [1.807, 2.05) is 24.3 Å². The van der Waals surface area contributed by atoms with Crippen LogP contribution in [0.1, 0.15) is 43.6 Å². The van der Waals surface area contributed by atoms with Crippen molar-refractivity contribution in [2.45, 2.75) is 39.0 Å². The molecule has 0 radical (unpaired) electrons. The Balaban J connectivity index is 2.09. The molecule has 0 aromatic heterocycles. The van der Waals surface area contributed by atoms with Crippen LogP contribution in [0.25, 0.3) is 0 Å². The van der Waals surface area contributed by atoms with Gasteiger partial charge in [0.05, 0.1) is 0 Å². The second-order valence-corrected chi connectivity index (χ2v) is 7.29. The first kappa shape index (κ1) is 20.0. The number of hydrazine groups is 1. The minimum Gasteiger partial charge on any atom is -0.443 e. The standard InChI is InChI=1S/C19H24ClN3O3/c1-19(2,3)26-18(25)23-22-11-12-6-4-5-7-14(12)17(24)15-9-8-13(20)10-16(15)21/h4-10,17,22,24H,11,21H2,1-3H3,(H,23,25). The molecule has 0 fully saturated rings. The van der Waals surface area contributed by atoms with Gasteiger partial charge in [-0.3, -0.25) is 5.43 Å². The molecule has 2 rings (SSSR count). The van der Waals surface area contributed by atoms with Crippen LogP contribution in [0.15, 0.2) is 42.5 Å². The highest BCUT2D eigenvalue weighted by Gasteiger charge is 2.18. The Morgan fingerprint density at radius 2 is 1.92 bits per heavy atom. The van der Waals surface area contributed by atoms with Crippen molar-refractivity contribution in [2.75, 3.05) is 5.73 Å². The second-order valence-electron chi connectivity index (χ2n) is 6.86. The van der Waals surface area contributed by atoms with E-state index in [-0.39, 0.29) is 0 Å². The van der Waals surface area contributed by atoms with Gasteiger partial charge in [0, 0.05) is 22.8 Å². The Kier molecular flexibility index (Phi) is 6.47. The third-order valence-corrected chi connectivity index (χ3v) is 3.80. The Labute approximate surface area is 158 Å². The Bertz CT molecular complexity index is 775. The van der Waals surface area contributed by atoms with Crippen molar-refractivity contribution in [1.29, 1.82) is 0 Å². The van der Waals surface area contributed by atoms with Crippen LogP contribution in [0.5, 0.6) is 0 Å². The lowest BCUT2D eigenvalue weighted by Crippen LogP contribution is -2.40. The fraction of sp³-hybridized carbons (Fsp3) is 0.316. The summed E-state index contributed by atoms with van der Waals surface area (Å²) >= 11 is 5.92. The van der Waals surface area contributed by atoms with Gasteiger partial charge in [0.25, 0.3) is 0 Å². The van der Waals surface area contributed by atoms with E-state index in [0.29, 0.717) is 28.4 Å². The molecule has 2 aromatic carbocycles. The van der Waals surface area contributed by atoms with E-state index in [9.17, 15) is 9.90 Å². The van der Waals surface area contributed by atoms with Gasteiger partial charge in [0.1, 0.15) is 11.7 Å². The molecule has 0 heterocycles. The molecule has 26 heavy (non-hydrogen) atoms. The summed E-state index contributed by atoms with van der Waals surface area (Å²) in [6.07, 6.45) is -1.48. The maximum Gasteiger partial charge on any atom is 0.422 e. The number of hydrogen-bond acceptors (Lipinski definition) is 5. The molecule has 0 aliphatic carbocycles. The van der Waals surface area contributed by atoms with Crippen molar-refractivity contribution in [3.8, 4) is 0 Å². The van der Waals surface area contributed by atoms with E-state index in [0.717, 1.165) is 5.56 Å². The normalized spacial score (nSPS) is 12.5. The number of carbonyl (C=O) groups is 1. The van der Waals surface area contributed by atoms with Crippen molar-refractivity contribution in [2.24, 2.45) is 0 Å². The molecule has 1 unspecified atom stereocenters. The Morgan fingerprint density at radius 1 is 1.23 bits per heavy atom. The summed E-state index contributed by atoms with van der Waals surface area (Å²) in [5.41, 5.74) is 13.2. The van der Waals surface area contributed by atoms with Crippen molar-refractivity contribution in [3.63, 3.8) is 0 Å². The van der Waals surface area contributed by atoms with Gasteiger partial charge in [-0.2, -0.15) is 0 Å². The van der Waals surface area contributed by atoms with Gasteiger partial charge in [-0.05, 0) is 44.0 Å². The quantitative estimate of drug-likeness (QED) is 0.472. The molecule has 140 valence electrons. The van der Waals surface area contributed by atoms with E-state index in [1.54, 1.807) is 39.0 Å². The Hall–Kier alpha value is -2.28. The molecule has 7 heteroatoms. The maximum absolute atomic E-state index is 11.7. The van der Waals surface area contributed by atoms with Crippen LogP contribution in [-0.4, -0.2) is 16.8 Å². The third-order valence-electron chi connectivity index (χ3n) is 3.56. The zero-order chi connectivity index (χ0) is 19.3. The van der Waals surface area contributed by atoms with Gasteiger partial charge in [0.2, 0.25) is 0 Å². The van der Waals surface area contributed by atoms with Gasteiger partial charge >= 0.3 is 6.09 Å². The van der Waals surface area contributed by atoms with Crippen LogP contribution in [-0.2, 0) is 11.3 Å². The van der Waals surface area contributed by atoms with Gasteiger partial charge < -0.3 is 15.6 Å². The van der Waals surface area contributed by atoms with Crippen molar-refractivity contribution in [3.05, 3.63) is 64.2 Å². The summed E-state index contributed by atoms with van der Waals surface area (Å²) in [6, 6.07) is 12.3. The van der Waals surface area contributed by atoms with Crippen molar-refractivity contribution in [1.82, 2.24) is 10.9 Å². The summed E-state index contributed by atoms with van der Waals surface area (Å²) in [6.45, 7) is 5.66. The predicted molar refractivity (Wildman–Crippen MR) is 103 cm³/mol. The number of rotatable bonds is 5. The number of nitrogen functional groups attached to an aromatic ring is 1. The van der Waals surface area contributed by atoms with E-state index >= 15 is 0 Å². The number of carbonyl (C=O) groups excluding carboxylic acids is 1. The number of nitrogens with one attached hydrogen (secondary N) is 2. The fourth-order valence-electron chi connectivity index (χ4n) is 2.44. The molecule has 1 amide bonds. The fourth-order valence-corrected chi connectivity index (χ4v) is 2.62. The number of benzene rings is 2. The summed E-state index contributed by atoms with van der Waals surface area (Å²) in [5, 5.41) is 11.3. The Morgan fingerprint density at radius 3 is 2.58 bits per heavy atom. The van der Waals surface area contributed by atoms with Crippen molar-refractivity contribution >= 4 is 23.4 Å². The van der Waals surface area contributed by atoms with Crippen molar-refractivity contribution < 1.29 is 14.6 Å². The molecule has 0 aliphatic rings. The van der Waals surface area contributed by atoms with Crippen LogP contribution in [0.2, 0.25) is 5.02 Å². The zero-order valence-corrected chi connectivity index (χ0v) is 15.8. The molecule has 5 N–H and O–H groups in total. The molecule has 0 saturated heterocycles. The summed E-state index contributed by atoms with van der Waals surface area (Å²) in [5.74, 6) is 0. The molecule has 1 atom stereocenters. The van der Waals surface area contributed by atoms with Crippen LogP contribution in [0, 0.1) is 0 Å². The summed E-state index contributed by atoms with van der Waals surface area (Å²) in [7, 11) is 0. The number of nitrogens with two attached hydrogens (primary N) is 1. The molecule has 2 aromatic rings. The largest absolute Gasteiger partial charge is 0.443 e. The first-order valence-corrected chi connectivity index (χ1v) is 8.58. The van der Waals surface area contributed by atoms with E-state index in [1.165, 1.54) is 0 Å². The predicted octanol–water partition coefficient (Wildman–Crippen LogP) is 3.53. The first-order chi connectivity index (χ1) is 12.2. The van der Waals surface area contributed by atoms with Crippen LogP contribution >= 0.6 is 11.6 Å². The van der Waals surface area contributed by atoms with Crippen LogP contribution < -0.4 is 16.6 Å². The highest BCUT2D eigenvalue weighted by Crippen LogP contribution is 2.30. The molecule has 6 nitrogen and oxygen atoms in total. The van der Waals surface area contributed by atoms with Gasteiger partial charge in [-0.1, -0.05) is 41.9 Å². The lowest BCUT2D eigenvalue weighted by atomic mass is 9.96. The average molecular weight is 378 g/mol. The van der Waals surface area contributed by atoms with E-state index < -0.39 is 17.8 Å². The molecule has 0 spiro atoms. The van der Waals surface area contributed by atoms with Gasteiger partial charge in [-0.25, -0.2) is 10.2 Å². The van der Waals surface area contributed by atoms with E-state index in [4.69, 9.17) is 22.1 Å². The number of hydrogen-bond donors (Lipinski definition) is 4. The topological polar surface area (TPSA) is 96.6 Å². The minimum absolute atomic E-state index is 0.306. The molecular formula is C19H24ClN3O3. The SMILES string of the molecule is CC(C)(C)OC(=O)NNCc1ccccc1C(O)c1ccc(Cl)cc1N. The van der Waals surface area contributed by atoms with Crippen LogP contribution in [0.4, 0.5) is 10.5 Å². The maximum atomic E-state index is 11.7. The van der Waals surface area contributed by atoms with Gasteiger partial charge in [-0.15, -0.1) is 0 Å². The number of ether oxygens (including phenoxy) is 1. The molecule has 0 saturated carbocycles. The lowest BCUT2D eigenvalue weighted by Gasteiger charge is -2.21. The lowest BCUT2D eigenvalue weighted by molar-refractivity contribution is 0.0497. The number of anilines is 1. The first-order valence-electron chi connectivity index (χ1n) is 8.20. The van der Waals surface area contributed by atoms with Crippen LogP contribution in [0.3, 0.4) is 0 Å². The highest BCUT2D eigenvalue weighted by molar-refractivity contribution is 6.30. The summed E-state index contributed by atoms with van der Waals surface area (Å²) < 4.78 is 5.16. The number of halogens is 1. The third kappa shape index (κ3) is 5.62. The highest BCUT2D eigenvalue weighted by atomic mass is 35.5. The number of aliphatic hydroxyl groups excluding tert-OH is 1. The average Bonchev–Trinajstić information content (AvgIpc) is 2.53. The smallest absolute Gasteiger partial charge is 0.422 e. The zero-order valence-electron chi connectivity index (χ0n) is 15.0. The summed E-state index contributed by atoms with van der Waals surface area (Å²) in [4.78, 5) is 11.7. The second kappa shape index (κ2) is 8.40.